The summed E-state index contributed by atoms with van der Waals surface area (Å²) in [6.45, 7) is 7.17. The highest BCUT2D eigenvalue weighted by Crippen LogP contribution is 2.18. The smallest absolute Gasteiger partial charge is 0.209 e. The normalized spacial score (nSPS) is 26.4. The van der Waals surface area contributed by atoms with E-state index in [2.05, 4.69) is 17.0 Å². The standard InChI is InChI=1S/C11H24N2O3S/c1-9-5-6-10(16-9)7-12-8-11(2,3)13-17(4,14)15/h9-10,12-13H,5-8H2,1-4H3. The molecular weight excluding hydrogens is 240 g/mol. The topological polar surface area (TPSA) is 67.4 Å². The molecule has 5 nitrogen and oxygen atoms in total. The van der Waals surface area contributed by atoms with E-state index >= 15 is 0 Å². The van der Waals surface area contributed by atoms with Crippen molar-refractivity contribution in [1.82, 2.24) is 10.0 Å². The van der Waals surface area contributed by atoms with Crippen LogP contribution in [0.4, 0.5) is 0 Å². The fourth-order valence-corrected chi connectivity index (χ4v) is 3.19. The van der Waals surface area contributed by atoms with Gasteiger partial charge in [0.1, 0.15) is 0 Å². The van der Waals surface area contributed by atoms with Crippen molar-refractivity contribution < 1.29 is 13.2 Å². The lowest BCUT2D eigenvalue weighted by Crippen LogP contribution is -2.50. The van der Waals surface area contributed by atoms with Gasteiger partial charge in [-0.05, 0) is 33.6 Å². The first-order valence-corrected chi connectivity index (χ1v) is 7.92. The quantitative estimate of drug-likeness (QED) is 0.732. The second-order valence-electron chi connectivity index (χ2n) is 5.54. The molecule has 0 aromatic carbocycles. The summed E-state index contributed by atoms with van der Waals surface area (Å²) < 4.78 is 30.6. The first-order chi connectivity index (χ1) is 7.68. The van der Waals surface area contributed by atoms with Crippen LogP contribution in [0, 0.1) is 0 Å². The van der Waals surface area contributed by atoms with Crippen LogP contribution in [0.1, 0.15) is 33.6 Å². The van der Waals surface area contributed by atoms with Crippen molar-refractivity contribution in [2.45, 2.75) is 51.4 Å². The highest BCUT2D eigenvalue weighted by atomic mass is 32.2. The zero-order chi connectivity index (χ0) is 13.1. The van der Waals surface area contributed by atoms with E-state index in [1.165, 1.54) is 6.26 Å². The molecule has 17 heavy (non-hydrogen) atoms. The highest BCUT2D eigenvalue weighted by Gasteiger charge is 2.24. The van der Waals surface area contributed by atoms with Gasteiger partial charge < -0.3 is 10.1 Å². The summed E-state index contributed by atoms with van der Waals surface area (Å²) in [6.07, 6.45) is 3.98. The van der Waals surface area contributed by atoms with Crippen LogP contribution in [0.3, 0.4) is 0 Å². The molecule has 0 spiro atoms. The first kappa shape index (κ1) is 14.9. The summed E-state index contributed by atoms with van der Waals surface area (Å²) in [5, 5.41) is 3.26. The molecule has 6 heteroatoms. The lowest BCUT2D eigenvalue weighted by molar-refractivity contribution is 0.0554. The third-order valence-electron chi connectivity index (χ3n) is 2.72. The average Bonchev–Trinajstić information content (AvgIpc) is 2.46. The maximum Gasteiger partial charge on any atom is 0.209 e. The van der Waals surface area contributed by atoms with Crippen molar-refractivity contribution in [2.24, 2.45) is 0 Å². The van der Waals surface area contributed by atoms with Gasteiger partial charge in [-0.2, -0.15) is 0 Å². The van der Waals surface area contributed by atoms with Crippen molar-refractivity contribution in [3.63, 3.8) is 0 Å². The molecule has 2 atom stereocenters. The number of ether oxygens (including phenoxy) is 1. The zero-order valence-corrected chi connectivity index (χ0v) is 11.9. The average molecular weight is 264 g/mol. The summed E-state index contributed by atoms with van der Waals surface area (Å²) in [5.41, 5.74) is -0.474. The van der Waals surface area contributed by atoms with Gasteiger partial charge in [-0.15, -0.1) is 0 Å². The van der Waals surface area contributed by atoms with E-state index in [0.717, 1.165) is 19.4 Å². The number of sulfonamides is 1. The summed E-state index contributed by atoms with van der Waals surface area (Å²) in [4.78, 5) is 0. The van der Waals surface area contributed by atoms with Crippen molar-refractivity contribution in [3.8, 4) is 0 Å². The Hall–Kier alpha value is -0.170. The first-order valence-electron chi connectivity index (χ1n) is 6.03. The Morgan fingerprint density at radius 1 is 1.35 bits per heavy atom. The monoisotopic (exact) mass is 264 g/mol. The molecule has 1 saturated heterocycles. The van der Waals surface area contributed by atoms with Crippen LogP contribution >= 0.6 is 0 Å². The van der Waals surface area contributed by atoms with Gasteiger partial charge in [0.05, 0.1) is 18.5 Å². The zero-order valence-electron chi connectivity index (χ0n) is 11.1. The predicted octanol–water partition coefficient (Wildman–Crippen LogP) is 0.471. The van der Waals surface area contributed by atoms with E-state index in [1.807, 2.05) is 13.8 Å². The molecule has 1 fully saturated rings. The van der Waals surface area contributed by atoms with Crippen molar-refractivity contribution in [3.05, 3.63) is 0 Å². The lowest BCUT2D eigenvalue weighted by atomic mass is 10.1. The van der Waals surface area contributed by atoms with Crippen LogP contribution in [-0.2, 0) is 14.8 Å². The molecular formula is C11H24N2O3S. The van der Waals surface area contributed by atoms with E-state index in [0.29, 0.717) is 12.6 Å². The van der Waals surface area contributed by atoms with Gasteiger partial charge in [-0.1, -0.05) is 0 Å². The fourth-order valence-electron chi connectivity index (χ4n) is 2.12. The molecule has 0 aromatic heterocycles. The summed E-state index contributed by atoms with van der Waals surface area (Å²) in [5.74, 6) is 0. The van der Waals surface area contributed by atoms with Crippen LogP contribution in [0.5, 0.6) is 0 Å². The molecule has 0 aromatic rings. The Labute approximate surface area is 104 Å². The third-order valence-corrected chi connectivity index (χ3v) is 3.64. The van der Waals surface area contributed by atoms with Crippen molar-refractivity contribution in [1.29, 1.82) is 0 Å². The minimum Gasteiger partial charge on any atom is -0.374 e. The van der Waals surface area contributed by atoms with Crippen LogP contribution in [-0.4, -0.2) is 45.5 Å². The number of hydrogen-bond acceptors (Lipinski definition) is 4. The number of rotatable bonds is 6. The maximum absolute atomic E-state index is 11.1. The lowest BCUT2D eigenvalue weighted by Gasteiger charge is -2.26. The Balaban J connectivity index is 2.25. The largest absolute Gasteiger partial charge is 0.374 e. The van der Waals surface area contributed by atoms with Crippen LogP contribution in [0.25, 0.3) is 0 Å². The molecule has 0 aliphatic carbocycles. The number of nitrogens with one attached hydrogen (secondary N) is 2. The fraction of sp³-hybridized carbons (Fsp3) is 1.00. The van der Waals surface area contributed by atoms with Crippen LogP contribution < -0.4 is 10.0 Å². The van der Waals surface area contributed by atoms with Gasteiger partial charge in [0.25, 0.3) is 0 Å². The third kappa shape index (κ3) is 6.35. The number of hydrogen-bond donors (Lipinski definition) is 2. The molecule has 102 valence electrons. The van der Waals surface area contributed by atoms with Crippen LogP contribution in [0.15, 0.2) is 0 Å². The minimum atomic E-state index is -3.16. The Kier molecular flexibility index (Phi) is 4.95. The Morgan fingerprint density at radius 2 is 2.00 bits per heavy atom. The predicted molar refractivity (Wildman–Crippen MR) is 68.5 cm³/mol. The molecule has 0 bridgehead atoms. The van der Waals surface area contributed by atoms with Gasteiger partial charge >= 0.3 is 0 Å². The minimum absolute atomic E-state index is 0.263. The van der Waals surface area contributed by atoms with Gasteiger partial charge in [-0.25, -0.2) is 13.1 Å². The van der Waals surface area contributed by atoms with Crippen LogP contribution in [0.2, 0.25) is 0 Å². The molecule has 2 N–H and O–H groups in total. The molecule has 0 radical (unpaired) electrons. The van der Waals surface area contributed by atoms with Gasteiger partial charge in [0, 0.05) is 18.6 Å². The summed E-state index contributed by atoms with van der Waals surface area (Å²) in [6, 6.07) is 0. The summed E-state index contributed by atoms with van der Waals surface area (Å²) >= 11 is 0. The molecule has 1 aliphatic heterocycles. The highest BCUT2D eigenvalue weighted by molar-refractivity contribution is 7.88. The van der Waals surface area contributed by atoms with E-state index in [4.69, 9.17) is 4.74 Å². The van der Waals surface area contributed by atoms with Crippen molar-refractivity contribution in [2.75, 3.05) is 19.3 Å². The molecule has 1 heterocycles. The Bertz CT molecular complexity index is 341. The molecule has 0 amide bonds. The molecule has 1 aliphatic rings. The molecule has 0 saturated carbocycles. The van der Waals surface area contributed by atoms with E-state index in [1.54, 1.807) is 0 Å². The SMILES string of the molecule is CC1CCC(CNCC(C)(C)NS(C)(=O)=O)O1. The van der Waals surface area contributed by atoms with E-state index in [9.17, 15) is 8.42 Å². The second kappa shape index (κ2) is 5.65. The Morgan fingerprint density at radius 3 is 2.47 bits per heavy atom. The van der Waals surface area contributed by atoms with Crippen molar-refractivity contribution >= 4 is 10.0 Å². The van der Waals surface area contributed by atoms with E-state index < -0.39 is 15.6 Å². The summed E-state index contributed by atoms with van der Waals surface area (Å²) in [7, 11) is -3.16. The molecule has 1 rings (SSSR count). The van der Waals surface area contributed by atoms with Gasteiger partial charge in [0.15, 0.2) is 0 Å². The maximum atomic E-state index is 11.1. The van der Waals surface area contributed by atoms with Gasteiger partial charge in [0.2, 0.25) is 10.0 Å². The molecule has 2 unspecified atom stereocenters. The van der Waals surface area contributed by atoms with E-state index in [-0.39, 0.29) is 6.10 Å². The van der Waals surface area contributed by atoms with Gasteiger partial charge in [-0.3, -0.25) is 0 Å². The second-order valence-corrected chi connectivity index (χ2v) is 7.28.